The van der Waals surface area contributed by atoms with E-state index in [0.717, 1.165) is 11.1 Å². The SMILES string of the molecule is COc1ccccc1-c1nc2c(n1Cc1ccccc1)C(=O)[C@H](CCCO)C(=O)N2C. The van der Waals surface area contributed by atoms with Gasteiger partial charge in [-0.1, -0.05) is 42.5 Å². The first-order valence-corrected chi connectivity index (χ1v) is 10.3. The number of ketones is 1. The number of Topliss-reactive ketones (excluding diaryl/α,β-unsaturated/α-hetero) is 1. The molecule has 3 aromatic rings. The number of aromatic nitrogens is 2. The van der Waals surface area contributed by atoms with Crippen LogP contribution in [0.5, 0.6) is 5.75 Å². The molecule has 0 fully saturated rings. The van der Waals surface area contributed by atoms with Gasteiger partial charge in [-0.15, -0.1) is 0 Å². The molecule has 2 heterocycles. The second-order valence-corrected chi connectivity index (χ2v) is 7.56. The van der Waals surface area contributed by atoms with Crippen molar-refractivity contribution in [3.05, 3.63) is 65.9 Å². The van der Waals surface area contributed by atoms with Gasteiger partial charge < -0.3 is 14.4 Å². The Hall–Kier alpha value is -3.45. The molecule has 0 saturated carbocycles. The number of fused-ring (bicyclic) bond motifs is 1. The Morgan fingerprint density at radius 1 is 1.06 bits per heavy atom. The third kappa shape index (κ3) is 3.72. The highest BCUT2D eigenvalue weighted by molar-refractivity contribution is 6.20. The van der Waals surface area contributed by atoms with Crippen LogP contribution in [0.2, 0.25) is 0 Å². The Labute approximate surface area is 180 Å². The number of aliphatic hydroxyl groups excluding tert-OH is 1. The van der Waals surface area contributed by atoms with Gasteiger partial charge >= 0.3 is 0 Å². The molecule has 1 aliphatic heterocycles. The Morgan fingerprint density at radius 2 is 1.77 bits per heavy atom. The highest BCUT2D eigenvalue weighted by Crippen LogP contribution is 2.38. The zero-order valence-electron chi connectivity index (χ0n) is 17.6. The van der Waals surface area contributed by atoms with Crippen LogP contribution < -0.4 is 9.64 Å². The number of carbonyl (C=O) groups is 2. The number of carbonyl (C=O) groups excluding carboxylic acids is 2. The number of anilines is 1. The zero-order valence-corrected chi connectivity index (χ0v) is 17.6. The maximum Gasteiger partial charge on any atom is 0.238 e. The predicted molar refractivity (Wildman–Crippen MR) is 117 cm³/mol. The number of para-hydroxylation sites is 1. The topological polar surface area (TPSA) is 84.7 Å². The molecule has 1 atom stereocenters. The summed E-state index contributed by atoms with van der Waals surface area (Å²) in [7, 11) is 3.24. The van der Waals surface area contributed by atoms with Gasteiger partial charge in [0.25, 0.3) is 0 Å². The van der Waals surface area contributed by atoms with Gasteiger partial charge in [0, 0.05) is 20.2 Å². The minimum absolute atomic E-state index is 0.0661. The highest BCUT2D eigenvalue weighted by Gasteiger charge is 2.42. The number of imidazole rings is 1. The number of hydrogen-bond acceptors (Lipinski definition) is 5. The fraction of sp³-hybridized carbons (Fsp3) is 0.292. The van der Waals surface area contributed by atoms with Crippen molar-refractivity contribution in [3.63, 3.8) is 0 Å². The molecule has 0 saturated heterocycles. The van der Waals surface area contributed by atoms with Crippen LogP contribution >= 0.6 is 0 Å². The summed E-state index contributed by atoms with van der Waals surface area (Å²) in [6, 6.07) is 17.3. The number of nitrogens with zero attached hydrogens (tertiary/aromatic N) is 3. The van der Waals surface area contributed by atoms with Crippen molar-refractivity contribution in [2.75, 3.05) is 25.7 Å². The van der Waals surface area contributed by atoms with Gasteiger partial charge in [0.05, 0.1) is 12.7 Å². The first kappa shape index (κ1) is 20.8. The monoisotopic (exact) mass is 419 g/mol. The lowest BCUT2D eigenvalue weighted by Gasteiger charge is -2.28. The second kappa shape index (κ2) is 8.73. The van der Waals surface area contributed by atoms with Crippen molar-refractivity contribution in [1.82, 2.24) is 9.55 Å². The average Bonchev–Trinajstić information content (AvgIpc) is 3.17. The van der Waals surface area contributed by atoms with Gasteiger partial charge in [0.15, 0.2) is 11.6 Å². The summed E-state index contributed by atoms with van der Waals surface area (Å²) in [5.41, 5.74) is 2.17. The van der Waals surface area contributed by atoms with Crippen LogP contribution in [0.25, 0.3) is 11.4 Å². The largest absolute Gasteiger partial charge is 0.496 e. The van der Waals surface area contributed by atoms with E-state index in [4.69, 9.17) is 9.72 Å². The van der Waals surface area contributed by atoms with Gasteiger partial charge in [-0.25, -0.2) is 4.98 Å². The molecule has 1 amide bonds. The molecule has 2 aromatic carbocycles. The van der Waals surface area contributed by atoms with Crippen LogP contribution in [-0.4, -0.2) is 47.1 Å². The maximum atomic E-state index is 13.5. The van der Waals surface area contributed by atoms with E-state index in [-0.39, 0.29) is 18.3 Å². The van der Waals surface area contributed by atoms with E-state index < -0.39 is 5.92 Å². The molecular weight excluding hydrogens is 394 g/mol. The van der Waals surface area contributed by atoms with Crippen LogP contribution in [0.1, 0.15) is 28.9 Å². The molecule has 1 aliphatic rings. The molecule has 0 spiro atoms. The van der Waals surface area contributed by atoms with Gasteiger partial charge in [0.2, 0.25) is 5.91 Å². The molecule has 160 valence electrons. The van der Waals surface area contributed by atoms with Crippen molar-refractivity contribution < 1.29 is 19.4 Å². The second-order valence-electron chi connectivity index (χ2n) is 7.56. The summed E-state index contributed by atoms with van der Waals surface area (Å²) in [4.78, 5) is 32.6. The lowest BCUT2D eigenvalue weighted by atomic mass is 9.91. The smallest absolute Gasteiger partial charge is 0.238 e. The first-order valence-electron chi connectivity index (χ1n) is 10.3. The number of aliphatic hydroxyl groups is 1. The van der Waals surface area contributed by atoms with Gasteiger partial charge in [-0.05, 0) is 30.5 Å². The quantitative estimate of drug-likeness (QED) is 0.595. The van der Waals surface area contributed by atoms with Crippen LogP contribution in [0.4, 0.5) is 5.82 Å². The summed E-state index contributed by atoms with van der Waals surface area (Å²) in [5, 5.41) is 9.22. The van der Waals surface area contributed by atoms with Crippen molar-refractivity contribution in [2.45, 2.75) is 19.4 Å². The Morgan fingerprint density at radius 3 is 2.48 bits per heavy atom. The van der Waals surface area contributed by atoms with Crippen molar-refractivity contribution in [2.24, 2.45) is 5.92 Å². The average molecular weight is 419 g/mol. The molecule has 1 N–H and O–H groups in total. The maximum absolute atomic E-state index is 13.5. The standard InChI is InChI=1S/C24H25N3O4/c1-26-23-20(21(29)18(24(26)30)12-8-14-28)27(15-16-9-4-3-5-10-16)22(25-23)17-11-6-7-13-19(17)31-2/h3-7,9-11,13,18,28H,8,12,14-15H2,1-2H3/t18-/m0/s1. The van der Waals surface area contributed by atoms with Crippen LogP contribution in [-0.2, 0) is 11.3 Å². The lowest BCUT2D eigenvalue weighted by Crippen LogP contribution is -2.43. The van der Waals surface area contributed by atoms with E-state index in [1.165, 1.54) is 4.90 Å². The van der Waals surface area contributed by atoms with E-state index in [9.17, 15) is 14.7 Å². The van der Waals surface area contributed by atoms with Crippen molar-refractivity contribution in [3.8, 4) is 17.1 Å². The minimum Gasteiger partial charge on any atom is -0.496 e. The fourth-order valence-electron chi connectivity index (χ4n) is 4.04. The third-order valence-electron chi connectivity index (χ3n) is 5.63. The molecule has 0 unspecified atom stereocenters. The Bertz CT molecular complexity index is 1110. The van der Waals surface area contributed by atoms with E-state index in [1.807, 2.05) is 59.2 Å². The molecule has 1 aromatic heterocycles. The summed E-state index contributed by atoms with van der Waals surface area (Å²) in [6.07, 6.45) is 0.690. The normalized spacial score (nSPS) is 15.8. The van der Waals surface area contributed by atoms with E-state index in [0.29, 0.717) is 42.5 Å². The summed E-state index contributed by atoms with van der Waals surface area (Å²) in [5.74, 6) is 0.200. The van der Waals surface area contributed by atoms with Gasteiger partial charge in [-0.3, -0.25) is 14.5 Å². The number of amides is 1. The lowest BCUT2D eigenvalue weighted by molar-refractivity contribution is -0.121. The first-order chi connectivity index (χ1) is 15.1. The number of hydrogen-bond donors (Lipinski definition) is 1. The van der Waals surface area contributed by atoms with E-state index >= 15 is 0 Å². The van der Waals surface area contributed by atoms with Crippen LogP contribution in [0, 0.1) is 5.92 Å². The fourth-order valence-corrected chi connectivity index (χ4v) is 4.04. The third-order valence-corrected chi connectivity index (χ3v) is 5.63. The number of benzene rings is 2. The summed E-state index contributed by atoms with van der Waals surface area (Å²) < 4.78 is 7.41. The predicted octanol–water partition coefficient (Wildman–Crippen LogP) is 3.15. The Balaban J connectivity index is 1.91. The number of methoxy groups -OCH3 is 1. The number of rotatable bonds is 7. The Kier molecular flexibility index (Phi) is 5.86. The minimum atomic E-state index is -0.818. The van der Waals surface area contributed by atoms with Gasteiger partial charge in [-0.2, -0.15) is 0 Å². The molecule has 31 heavy (non-hydrogen) atoms. The molecule has 0 aliphatic carbocycles. The molecule has 0 bridgehead atoms. The van der Waals surface area contributed by atoms with E-state index in [1.54, 1.807) is 14.2 Å². The molecule has 7 nitrogen and oxygen atoms in total. The van der Waals surface area contributed by atoms with Gasteiger partial charge in [0.1, 0.15) is 23.2 Å². The summed E-state index contributed by atoms with van der Waals surface area (Å²) >= 11 is 0. The molecular formula is C24H25N3O4. The molecule has 4 rings (SSSR count). The van der Waals surface area contributed by atoms with Crippen LogP contribution in [0.3, 0.4) is 0 Å². The van der Waals surface area contributed by atoms with Crippen LogP contribution in [0.15, 0.2) is 54.6 Å². The van der Waals surface area contributed by atoms with Crippen molar-refractivity contribution in [1.29, 1.82) is 0 Å². The van der Waals surface area contributed by atoms with Crippen molar-refractivity contribution >= 4 is 17.5 Å². The zero-order chi connectivity index (χ0) is 22.0. The highest BCUT2D eigenvalue weighted by atomic mass is 16.5. The number of ether oxygens (including phenoxy) is 1. The molecule has 7 heteroatoms. The summed E-state index contributed by atoms with van der Waals surface area (Å²) in [6.45, 7) is 0.362. The molecule has 0 radical (unpaired) electrons. The van der Waals surface area contributed by atoms with E-state index in [2.05, 4.69) is 0 Å².